The van der Waals surface area contributed by atoms with Crippen LogP contribution in [0.15, 0.2) is 37.4 Å². The Labute approximate surface area is 125 Å². The summed E-state index contributed by atoms with van der Waals surface area (Å²) < 4.78 is 0. The zero-order valence-corrected chi connectivity index (χ0v) is 11.1. The SMILES string of the molecule is N[C@@H](CC(=O)[O-])C(=O)[O-].[Cu+2].c1c[nH]cn1.c1c[nH]cn1. The van der Waals surface area contributed by atoms with Gasteiger partial charge in [0.15, 0.2) is 0 Å². The van der Waals surface area contributed by atoms with Crippen molar-refractivity contribution in [2.75, 3.05) is 0 Å². The summed E-state index contributed by atoms with van der Waals surface area (Å²) in [6, 6.07) is -1.46. The van der Waals surface area contributed by atoms with E-state index in [9.17, 15) is 19.8 Å². The molecule has 2 heterocycles. The van der Waals surface area contributed by atoms with Gasteiger partial charge in [0, 0.05) is 43.2 Å². The molecule has 0 aromatic carbocycles. The number of nitrogens with zero attached hydrogens (tertiary/aromatic N) is 2. The molecule has 0 saturated carbocycles. The minimum atomic E-state index is -1.58. The predicted octanol–water partition coefficient (Wildman–Crippen LogP) is -2.98. The second-order valence-electron chi connectivity index (χ2n) is 3.02. The van der Waals surface area contributed by atoms with Gasteiger partial charge < -0.3 is 35.5 Å². The monoisotopic (exact) mass is 330 g/mol. The Morgan fingerprint density at radius 1 is 1.10 bits per heavy atom. The first kappa shape index (κ1) is 20.2. The summed E-state index contributed by atoms with van der Waals surface area (Å²) >= 11 is 0. The van der Waals surface area contributed by atoms with Crippen LogP contribution in [0.3, 0.4) is 0 Å². The average Bonchev–Trinajstić information content (AvgIpc) is 3.07. The molecule has 2 aromatic rings. The summed E-state index contributed by atoms with van der Waals surface area (Å²) in [6.07, 6.45) is 9.46. The molecule has 20 heavy (non-hydrogen) atoms. The van der Waals surface area contributed by atoms with Gasteiger partial charge in [-0.2, -0.15) is 0 Å². The summed E-state index contributed by atoms with van der Waals surface area (Å²) in [5.41, 5.74) is 4.73. The Balaban J connectivity index is 0. The van der Waals surface area contributed by atoms with E-state index in [1.54, 1.807) is 37.4 Å². The number of imidazole rings is 2. The number of carbonyl (C=O) groups excluding carboxylic acids is 2. The van der Waals surface area contributed by atoms with Crippen molar-refractivity contribution in [1.82, 2.24) is 19.9 Å². The van der Waals surface area contributed by atoms with Gasteiger partial charge in [-0.25, -0.2) is 9.97 Å². The fourth-order valence-electron chi connectivity index (χ4n) is 0.693. The minimum absolute atomic E-state index is 0. The van der Waals surface area contributed by atoms with Crippen molar-refractivity contribution in [2.24, 2.45) is 5.73 Å². The first-order valence-corrected chi connectivity index (χ1v) is 5.05. The second kappa shape index (κ2) is 13.3. The Bertz CT molecular complexity index is 374. The van der Waals surface area contributed by atoms with Crippen molar-refractivity contribution in [2.45, 2.75) is 12.5 Å². The molecule has 0 aliphatic rings. The zero-order valence-electron chi connectivity index (χ0n) is 10.2. The quantitative estimate of drug-likeness (QED) is 0.505. The fourth-order valence-corrected chi connectivity index (χ4v) is 0.693. The topological polar surface area (TPSA) is 164 Å². The average molecular weight is 331 g/mol. The van der Waals surface area contributed by atoms with Crippen LogP contribution in [0.5, 0.6) is 0 Å². The molecule has 0 saturated heterocycles. The van der Waals surface area contributed by atoms with Crippen molar-refractivity contribution in [1.29, 1.82) is 0 Å². The summed E-state index contributed by atoms with van der Waals surface area (Å²) in [4.78, 5) is 32.2. The van der Waals surface area contributed by atoms with Gasteiger partial charge in [0.1, 0.15) is 0 Å². The van der Waals surface area contributed by atoms with Crippen LogP contribution in [0.25, 0.3) is 0 Å². The number of aliphatic carboxylic acids is 2. The predicted molar refractivity (Wildman–Crippen MR) is 59.8 cm³/mol. The molecule has 0 aliphatic carbocycles. The number of carboxylic acids is 2. The molecule has 2 aromatic heterocycles. The van der Waals surface area contributed by atoms with Gasteiger partial charge in [-0.15, -0.1) is 0 Å². The molecule has 1 radical (unpaired) electrons. The molecule has 0 bridgehead atoms. The van der Waals surface area contributed by atoms with Crippen LogP contribution in [-0.2, 0) is 26.7 Å². The smallest absolute Gasteiger partial charge is 0.550 e. The number of aromatic amines is 2. The maximum atomic E-state index is 9.71. The number of carbonyl (C=O) groups is 2. The first-order chi connectivity index (χ1) is 9.04. The molecule has 0 fully saturated rings. The molecule has 2 rings (SSSR count). The normalized spacial score (nSPS) is 9.65. The van der Waals surface area contributed by atoms with E-state index in [4.69, 9.17) is 5.73 Å². The molecular weight excluding hydrogens is 318 g/mol. The molecule has 0 aliphatic heterocycles. The zero-order chi connectivity index (χ0) is 14.5. The molecule has 113 valence electrons. The standard InChI is InChI=1S/C4H7NO4.2C3H4N2.Cu/c5-2(4(8)9)1-3(6)7;2*1-2-5-3-4-1;/h2H,1,5H2,(H,6,7)(H,8,9);2*1-3H,(H,4,5);/q;;;+2/p-2/t2-;;;/m0.../s1. The number of aromatic nitrogens is 4. The van der Waals surface area contributed by atoms with Crippen LogP contribution in [0, 0.1) is 0 Å². The Hall–Kier alpha value is -2.16. The molecule has 4 N–H and O–H groups in total. The van der Waals surface area contributed by atoms with Gasteiger partial charge in [-0.05, 0) is 0 Å². The van der Waals surface area contributed by atoms with Gasteiger partial charge in [-0.3, -0.25) is 0 Å². The number of carboxylic acid groups (broad SMARTS) is 2. The van der Waals surface area contributed by atoms with Gasteiger partial charge >= 0.3 is 17.1 Å². The largest absolute Gasteiger partial charge is 2.00 e. The third-order valence-electron chi connectivity index (χ3n) is 1.50. The second-order valence-corrected chi connectivity index (χ2v) is 3.02. The van der Waals surface area contributed by atoms with Crippen molar-refractivity contribution < 1.29 is 36.9 Å². The van der Waals surface area contributed by atoms with Crippen LogP contribution < -0.4 is 15.9 Å². The number of hydrogen-bond donors (Lipinski definition) is 3. The van der Waals surface area contributed by atoms with Gasteiger partial charge in [-0.1, -0.05) is 0 Å². The molecule has 0 amide bonds. The van der Waals surface area contributed by atoms with E-state index in [2.05, 4.69) is 19.9 Å². The van der Waals surface area contributed by atoms with E-state index in [-0.39, 0.29) is 17.1 Å². The van der Waals surface area contributed by atoms with E-state index in [1.807, 2.05) is 0 Å². The summed E-state index contributed by atoms with van der Waals surface area (Å²) in [6.45, 7) is 0. The van der Waals surface area contributed by atoms with Gasteiger partial charge in [0.25, 0.3) is 0 Å². The van der Waals surface area contributed by atoms with E-state index in [1.165, 1.54) is 0 Å². The third kappa shape index (κ3) is 13.9. The number of hydrogen-bond acceptors (Lipinski definition) is 7. The first-order valence-electron chi connectivity index (χ1n) is 5.05. The minimum Gasteiger partial charge on any atom is -0.550 e. The van der Waals surface area contributed by atoms with Gasteiger partial charge in [0.05, 0.1) is 18.6 Å². The van der Waals surface area contributed by atoms with Crippen LogP contribution >= 0.6 is 0 Å². The summed E-state index contributed by atoms with van der Waals surface area (Å²) in [5.74, 6) is -3.08. The fraction of sp³-hybridized carbons (Fsp3) is 0.200. The Morgan fingerprint density at radius 3 is 1.65 bits per heavy atom. The van der Waals surface area contributed by atoms with E-state index in [0.29, 0.717) is 0 Å². The van der Waals surface area contributed by atoms with Crippen molar-refractivity contribution in [3.8, 4) is 0 Å². The van der Waals surface area contributed by atoms with Crippen molar-refractivity contribution >= 4 is 11.9 Å². The molecular formula is C10H13CuN5O4. The maximum absolute atomic E-state index is 9.71. The molecule has 0 unspecified atom stereocenters. The van der Waals surface area contributed by atoms with Crippen LogP contribution in [-0.4, -0.2) is 37.9 Å². The molecule has 10 heteroatoms. The molecule has 9 nitrogen and oxygen atoms in total. The third-order valence-corrected chi connectivity index (χ3v) is 1.50. The number of nitrogens with two attached hydrogens (primary N) is 1. The summed E-state index contributed by atoms with van der Waals surface area (Å²) in [5, 5.41) is 19.3. The van der Waals surface area contributed by atoms with Crippen molar-refractivity contribution in [3.05, 3.63) is 37.4 Å². The van der Waals surface area contributed by atoms with Crippen LogP contribution in [0.2, 0.25) is 0 Å². The van der Waals surface area contributed by atoms with Crippen LogP contribution in [0.4, 0.5) is 0 Å². The van der Waals surface area contributed by atoms with E-state index < -0.39 is 24.4 Å². The molecule has 0 spiro atoms. The van der Waals surface area contributed by atoms with E-state index >= 15 is 0 Å². The number of nitrogens with one attached hydrogen (secondary N) is 2. The summed E-state index contributed by atoms with van der Waals surface area (Å²) in [7, 11) is 0. The number of rotatable bonds is 3. The molecule has 1 atom stereocenters. The van der Waals surface area contributed by atoms with E-state index in [0.717, 1.165) is 0 Å². The number of H-pyrrole nitrogens is 2. The van der Waals surface area contributed by atoms with Crippen molar-refractivity contribution in [3.63, 3.8) is 0 Å². The van der Waals surface area contributed by atoms with Crippen LogP contribution in [0.1, 0.15) is 6.42 Å². The maximum Gasteiger partial charge on any atom is 2.00 e. The Kier molecular flexibility index (Phi) is 13.4. The Morgan fingerprint density at radius 2 is 1.55 bits per heavy atom. The van der Waals surface area contributed by atoms with Gasteiger partial charge in [0.2, 0.25) is 0 Å².